The van der Waals surface area contributed by atoms with Gasteiger partial charge in [0.25, 0.3) is 5.91 Å². The van der Waals surface area contributed by atoms with Crippen LogP contribution in [-0.4, -0.2) is 37.0 Å². The molecular weight excluding hydrogens is 505 g/mol. The first-order valence-corrected chi connectivity index (χ1v) is 15.0. The molecule has 1 aliphatic heterocycles. The Bertz CT molecular complexity index is 1270. The van der Waals surface area contributed by atoms with Crippen LogP contribution in [-0.2, 0) is 6.54 Å². The van der Waals surface area contributed by atoms with Gasteiger partial charge >= 0.3 is 0 Å². The maximum atomic E-state index is 14.1. The van der Waals surface area contributed by atoms with E-state index in [2.05, 4.69) is 33.7 Å². The predicted octanol–water partition coefficient (Wildman–Crippen LogP) is 7.59. The standard InChI is InChI=1S/C33H38FN3OS/c34-30-9-2-1-8-28(30)24-36-31-10-3-4-11-32(31)39-29(22-25-12-13-25)23-26-14-16-27(17-15-26)33(38)35-18-7-21-37-19-5-6-20-37/h1-4,8-11,14-17,23,25,36H,5-7,12-13,18-22,24H2,(H,35,38)/b29-23-. The highest BCUT2D eigenvalue weighted by Gasteiger charge is 2.23. The summed E-state index contributed by atoms with van der Waals surface area (Å²) in [6.45, 7) is 4.60. The number of nitrogens with one attached hydrogen (secondary N) is 2. The predicted molar refractivity (Wildman–Crippen MR) is 160 cm³/mol. The van der Waals surface area contributed by atoms with Crippen LogP contribution in [0.1, 0.15) is 60.0 Å². The number of rotatable bonds is 13. The van der Waals surface area contributed by atoms with Gasteiger partial charge in [-0.2, -0.15) is 0 Å². The average Bonchev–Trinajstić information content (AvgIpc) is 3.61. The van der Waals surface area contributed by atoms with Crippen LogP contribution in [0.4, 0.5) is 10.1 Å². The fourth-order valence-electron chi connectivity index (χ4n) is 4.94. The van der Waals surface area contributed by atoms with Crippen LogP contribution in [0.15, 0.2) is 82.6 Å². The van der Waals surface area contributed by atoms with Crippen LogP contribution in [0, 0.1) is 11.7 Å². The summed E-state index contributed by atoms with van der Waals surface area (Å²) in [6, 6.07) is 23.0. The molecule has 1 aliphatic carbocycles. The number of hydrogen-bond acceptors (Lipinski definition) is 4. The van der Waals surface area contributed by atoms with Crippen molar-refractivity contribution in [1.82, 2.24) is 10.2 Å². The number of nitrogens with zero attached hydrogens (tertiary/aromatic N) is 1. The lowest BCUT2D eigenvalue weighted by Gasteiger charge is -2.14. The number of para-hydroxylation sites is 1. The molecular formula is C33H38FN3OS. The number of allylic oxidation sites excluding steroid dienone is 1. The number of anilines is 1. The molecule has 0 atom stereocenters. The first kappa shape index (κ1) is 27.5. The molecule has 6 heteroatoms. The molecule has 1 heterocycles. The summed E-state index contributed by atoms with van der Waals surface area (Å²) in [6.07, 6.45) is 9.44. The van der Waals surface area contributed by atoms with E-state index in [9.17, 15) is 9.18 Å². The topological polar surface area (TPSA) is 44.4 Å². The molecule has 39 heavy (non-hydrogen) atoms. The Kier molecular flexibility index (Phi) is 9.73. The quantitative estimate of drug-likeness (QED) is 0.172. The summed E-state index contributed by atoms with van der Waals surface area (Å²) in [7, 11) is 0. The van der Waals surface area contributed by atoms with Crippen molar-refractivity contribution < 1.29 is 9.18 Å². The van der Waals surface area contributed by atoms with Gasteiger partial charge in [-0.25, -0.2) is 4.39 Å². The number of thioether (sulfide) groups is 1. The molecule has 0 radical (unpaired) electrons. The minimum atomic E-state index is -0.191. The van der Waals surface area contributed by atoms with Crippen molar-refractivity contribution >= 4 is 29.4 Å². The van der Waals surface area contributed by atoms with Crippen molar-refractivity contribution in [1.29, 1.82) is 0 Å². The zero-order valence-electron chi connectivity index (χ0n) is 22.5. The van der Waals surface area contributed by atoms with E-state index in [4.69, 9.17) is 0 Å². The van der Waals surface area contributed by atoms with Crippen molar-refractivity contribution in [3.63, 3.8) is 0 Å². The van der Waals surface area contributed by atoms with E-state index < -0.39 is 0 Å². The Balaban J connectivity index is 1.20. The van der Waals surface area contributed by atoms with E-state index in [1.165, 1.54) is 49.7 Å². The minimum absolute atomic E-state index is 0.00520. The fourth-order valence-corrected chi connectivity index (χ4v) is 6.13. The monoisotopic (exact) mass is 543 g/mol. The lowest BCUT2D eigenvalue weighted by atomic mass is 10.1. The maximum absolute atomic E-state index is 14.1. The smallest absolute Gasteiger partial charge is 0.251 e. The van der Waals surface area contributed by atoms with E-state index in [-0.39, 0.29) is 11.7 Å². The van der Waals surface area contributed by atoms with Crippen molar-refractivity contribution in [2.45, 2.75) is 50.0 Å². The van der Waals surface area contributed by atoms with Crippen LogP contribution in [0.2, 0.25) is 0 Å². The highest BCUT2D eigenvalue weighted by molar-refractivity contribution is 8.03. The third-order valence-electron chi connectivity index (χ3n) is 7.38. The summed E-state index contributed by atoms with van der Waals surface area (Å²) in [5, 5.41) is 6.50. The summed E-state index contributed by atoms with van der Waals surface area (Å²) in [4.78, 5) is 17.5. The van der Waals surface area contributed by atoms with Gasteiger partial charge in [-0.1, -0.05) is 54.2 Å². The molecule has 3 aromatic carbocycles. The van der Waals surface area contributed by atoms with Gasteiger partial charge in [0.2, 0.25) is 0 Å². The molecule has 0 bridgehead atoms. The van der Waals surface area contributed by atoms with Gasteiger partial charge in [-0.05, 0) is 111 Å². The van der Waals surface area contributed by atoms with Crippen LogP contribution in [0.5, 0.6) is 0 Å². The zero-order chi connectivity index (χ0) is 26.9. The first-order chi connectivity index (χ1) is 19.1. The van der Waals surface area contributed by atoms with E-state index in [1.54, 1.807) is 17.8 Å². The summed E-state index contributed by atoms with van der Waals surface area (Å²) >= 11 is 1.77. The molecule has 0 aromatic heterocycles. The van der Waals surface area contributed by atoms with Gasteiger partial charge in [0.1, 0.15) is 5.82 Å². The number of benzene rings is 3. The van der Waals surface area contributed by atoms with Crippen LogP contribution in [0.3, 0.4) is 0 Å². The molecule has 204 valence electrons. The van der Waals surface area contributed by atoms with Crippen molar-refractivity contribution in [2.75, 3.05) is 31.5 Å². The lowest BCUT2D eigenvalue weighted by molar-refractivity contribution is 0.0952. The summed E-state index contributed by atoms with van der Waals surface area (Å²) in [5.74, 6) is 0.547. The lowest BCUT2D eigenvalue weighted by Crippen LogP contribution is -2.28. The fraction of sp³-hybridized carbons (Fsp3) is 0.364. The third-order valence-corrected chi connectivity index (χ3v) is 8.50. The second-order valence-corrected chi connectivity index (χ2v) is 11.7. The molecule has 2 fully saturated rings. The Hall–Kier alpha value is -3.09. The molecule has 4 nitrogen and oxygen atoms in total. The highest BCUT2D eigenvalue weighted by Crippen LogP contribution is 2.43. The Morgan fingerprint density at radius 1 is 0.974 bits per heavy atom. The van der Waals surface area contributed by atoms with Crippen LogP contribution >= 0.6 is 11.8 Å². The largest absolute Gasteiger partial charge is 0.380 e. The summed E-state index contributed by atoms with van der Waals surface area (Å²) < 4.78 is 14.1. The molecule has 3 aromatic rings. The zero-order valence-corrected chi connectivity index (χ0v) is 23.3. The van der Waals surface area contributed by atoms with Crippen molar-refractivity contribution in [3.05, 3.63) is 100 Å². The second kappa shape index (κ2) is 13.8. The number of hydrogen-bond donors (Lipinski definition) is 2. The van der Waals surface area contributed by atoms with Crippen molar-refractivity contribution in [2.24, 2.45) is 5.92 Å². The number of likely N-dealkylation sites (tertiary alicyclic amines) is 1. The first-order valence-electron chi connectivity index (χ1n) is 14.2. The van der Waals surface area contributed by atoms with E-state index >= 15 is 0 Å². The maximum Gasteiger partial charge on any atom is 0.251 e. The van der Waals surface area contributed by atoms with Crippen molar-refractivity contribution in [3.8, 4) is 0 Å². The number of carbonyl (C=O) groups is 1. The van der Waals surface area contributed by atoms with E-state index in [0.717, 1.165) is 41.5 Å². The second-order valence-electron chi connectivity index (χ2n) is 10.6. The molecule has 2 aliphatic rings. The molecule has 1 saturated carbocycles. The van der Waals surface area contributed by atoms with Gasteiger partial charge < -0.3 is 15.5 Å². The minimum Gasteiger partial charge on any atom is -0.380 e. The van der Waals surface area contributed by atoms with Gasteiger partial charge in [-0.3, -0.25) is 4.79 Å². The Labute approximate surface area is 236 Å². The Morgan fingerprint density at radius 2 is 1.72 bits per heavy atom. The SMILES string of the molecule is O=C(NCCCN1CCCC1)c1ccc(/C=C(/CC2CC2)Sc2ccccc2NCc2ccccc2F)cc1. The van der Waals surface area contributed by atoms with E-state index in [1.807, 2.05) is 48.5 Å². The molecule has 1 saturated heterocycles. The van der Waals surface area contributed by atoms with Gasteiger partial charge in [0.05, 0.1) is 0 Å². The molecule has 1 amide bonds. The van der Waals surface area contributed by atoms with Crippen LogP contribution < -0.4 is 10.6 Å². The Morgan fingerprint density at radius 3 is 2.49 bits per heavy atom. The number of amides is 1. The van der Waals surface area contributed by atoms with E-state index in [0.29, 0.717) is 24.2 Å². The third kappa shape index (κ3) is 8.45. The highest BCUT2D eigenvalue weighted by atomic mass is 32.2. The summed E-state index contributed by atoms with van der Waals surface area (Å²) in [5.41, 5.74) is 3.46. The number of halogens is 1. The molecule has 5 rings (SSSR count). The van der Waals surface area contributed by atoms with Gasteiger partial charge in [0.15, 0.2) is 0 Å². The molecule has 2 N–H and O–H groups in total. The normalized spacial score (nSPS) is 15.9. The number of carbonyl (C=O) groups excluding carboxylic acids is 1. The molecule has 0 unspecified atom stereocenters. The average molecular weight is 544 g/mol. The molecule has 0 spiro atoms. The van der Waals surface area contributed by atoms with Gasteiger partial charge in [-0.15, -0.1) is 0 Å². The van der Waals surface area contributed by atoms with Gasteiger partial charge in [0, 0.05) is 34.8 Å². The van der Waals surface area contributed by atoms with Crippen LogP contribution in [0.25, 0.3) is 6.08 Å².